The van der Waals surface area contributed by atoms with Gasteiger partial charge in [-0.25, -0.2) is 0 Å². The maximum atomic E-state index is 13.3. The fraction of sp³-hybridized carbons (Fsp3) is 0.900. The van der Waals surface area contributed by atoms with E-state index in [9.17, 15) is 13.2 Å². The van der Waals surface area contributed by atoms with Crippen LogP contribution in [-0.2, 0) is 4.74 Å². The second kappa shape index (κ2) is 12.4. The van der Waals surface area contributed by atoms with Gasteiger partial charge >= 0.3 is 6.18 Å². The second-order valence-electron chi connectivity index (χ2n) is 14.1. The first-order valence-electron chi connectivity index (χ1n) is 16.1. The predicted molar refractivity (Wildman–Crippen MR) is 158 cm³/mol. The number of piperidine rings is 2. The molecule has 3 N–H and O–H groups in total. The maximum Gasteiger partial charge on any atom is 0.394 e. The minimum Gasteiger partial charge on any atom is -0.477 e. The van der Waals surface area contributed by atoms with Crippen molar-refractivity contribution in [2.24, 2.45) is 23.2 Å². The van der Waals surface area contributed by atoms with Crippen LogP contribution in [0, 0.1) is 23.2 Å². The molecule has 12 heteroatoms. The Morgan fingerprint density at radius 1 is 1.14 bits per heavy atom. The first-order valence-corrected chi connectivity index (χ1v) is 16.9. The van der Waals surface area contributed by atoms with Gasteiger partial charge in [0.25, 0.3) is 0 Å². The van der Waals surface area contributed by atoms with E-state index in [4.69, 9.17) is 9.47 Å². The van der Waals surface area contributed by atoms with Crippen LogP contribution in [0.4, 0.5) is 13.2 Å². The number of nitrogens with zero attached hydrogens (tertiary/aromatic N) is 3. The molecule has 0 spiro atoms. The first-order chi connectivity index (χ1) is 20.0. The summed E-state index contributed by atoms with van der Waals surface area (Å²) in [6.45, 7) is 9.86. The van der Waals surface area contributed by atoms with Gasteiger partial charge in [-0.3, -0.25) is 24.9 Å². The average Bonchev–Trinajstić information content (AvgIpc) is 3.49. The summed E-state index contributed by atoms with van der Waals surface area (Å²) in [6.07, 6.45) is 6.20. The molecule has 5 heterocycles. The Morgan fingerprint density at radius 3 is 2.76 bits per heavy atom. The lowest BCUT2D eigenvalue weighted by Crippen LogP contribution is -2.60. The molecule has 1 aromatic rings. The minimum absolute atomic E-state index is 0.00675. The van der Waals surface area contributed by atoms with Crippen molar-refractivity contribution < 1.29 is 22.6 Å². The molecule has 1 saturated carbocycles. The van der Waals surface area contributed by atoms with Crippen LogP contribution in [0.3, 0.4) is 0 Å². The van der Waals surface area contributed by atoms with Crippen molar-refractivity contribution in [2.45, 2.75) is 121 Å². The molecular weight excluding hydrogens is 565 g/mol. The molecule has 5 fully saturated rings. The largest absolute Gasteiger partial charge is 0.477 e. The minimum atomic E-state index is -4.15. The highest BCUT2D eigenvalue weighted by Gasteiger charge is 2.62. The topological polar surface area (TPSA) is 75.6 Å². The molecule has 4 bridgehead atoms. The third kappa shape index (κ3) is 6.78. The molecule has 7 unspecified atom stereocenters. The van der Waals surface area contributed by atoms with Gasteiger partial charge in [-0.1, -0.05) is 18.9 Å². The van der Waals surface area contributed by atoms with E-state index in [1.165, 1.54) is 19.3 Å². The van der Waals surface area contributed by atoms with Gasteiger partial charge in [0, 0.05) is 43.4 Å². The van der Waals surface area contributed by atoms with Crippen LogP contribution in [0.5, 0.6) is 5.88 Å². The zero-order chi connectivity index (χ0) is 29.5. The lowest BCUT2D eigenvalue weighted by molar-refractivity contribution is -0.190. The number of hydrogen-bond acceptors (Lipinski definition) is 8. The number of halogens is 3. The third-order valence-corrected chi connectivity index (χ3v) is 11.5. The number of hydrogen-bond donors (Lipinski definition) is 3. The fourth-order valence-electron chi connectivity index (χ4n) is 7.70. The summed E-state index contributed by atoms with van der Waals surface area (Å²) in [7, 11) is 0. The Morgan fingerprint density at radius 2 is 1.98 bits per heavy atom. The molecule has 42 heavy (non-hydrogen) atoms. The van der Waals surface area contributed by atoms with Gasteiger partial charge in [-0.05, 0) is 89.9 Å². The molecule has 238 valence electrons. The molecule has 0 amide bonds. The van der Waals surface area contributed by atoms with Crippen molar-refractivity contribution in [1.29, 1.82) is 0 Å². The van der Waals surface area contributed by atoms with Crippen molar-refractivity contribution >= 4 is 11.9 Å². The Labute approximate surface area is 252 Å². The van der Waals surface area contributed by atoms with Gasteiger partial charge in [-0.15, -0.1) is 5.10 Å². The molecule has 8 atom stereocenters. The Bertz CT molecular complexity index is 1050. The Kier molecular flexibility index (Phi) is 9.13. The molecule has 1 aromatic heterocycles. The number of aromatic nitrogens is 2. The van der Waals surface area contributed by atoms with Crippen molar-refractivity contribution in [3.05, 3.63) is 12.3 Å². The number of rotatable bonds is 5. The second-order valence-corrected chi connectivity index (χ2v) is 15.2. The number of ether oxygens (including phenoxy) is 2. The summed E-state index contributed by atoms with van der Waals surface area (Å²) in [5.41, 5.74) is -1.47. The summed E-state index contributed by atoms with van der Waals surface area (Å²) in [4.78, 5) is 2.69. The van der Waals surface area contributed by atoms with Gasteiger partial charge in [0.1, 0.15) is 12.4 Å². The standard InChI is InChI=1S/C30H49F3N6O2S/c1-20-6-9-25-36-27(20)41-15-4-5-21-17-28(2,3)38(19-21)26-22(18-34-42-25)7-8-23(35-26)39-14-10-24(37-39)40-16-13-29(11-12-29)30(31,32)33/h10,14,20-23,25-27,34-36H,4-9,11-13,15-19H2,1-3H3/t20?,21-,22?,23?,25?,26?,27?/m0/s1. The zero-order valence-corrected chi connectivity index (χ0v) is 26.1. The predicted octanol–water partition coefficient (Wildman–Crippen LogP) is 5.64. The molecule has 4 saturated heterocycles. The Hall–Kier alpha value is -1.05. The normalized spacial score (nSPS) is 38.6. The maximum absolute atomic E-state index is 13.3. The van der Waals surface area contributed by atoms with Crippen LogP contribution in [0.2, 0.25) is 0 Å². The van der Waals surface area contributed by atoms with Crippen molar-refractivity contribution in [2.75, 3.05) is 26.3 Å². The highest BCUT2D eigenvalue weighted by Crippen LogP contribution is 2.59. The average molecular weight is 615 g/mol. The van der Waals surface area contributed by atoms with Gasteiger partial charge in [0.15, 0.2) is 0 Å². The van der Waals surface area contributed by atoms with Crippen LogP contribution < -0.4 is 20.1 Å². The fourth-order valence-corrected chi connectivity index (χ4v) is 8.67. The molecule has 8 nitrogen and oxygen atoms in total. The number of nitrogens with one attached hydrogen (secondary N) is 3. The van der Waals surface area contributed by atoms with E-state index in [1.807, 2.05) is 22.8 Å². The molecular formula is C30H49F3N6O2S. The van der Waals surface area contributed by atoms with Gasteiger partial charge in [0.05, 0.1) is 23.6 Å². The van der Waals surface area contributed by atoms with E-state index in [0.29, 0.717) is 29.0 Å². The zero-order valence-electron chi connectivity index (χ0n) is 25.3. The summed E-state index contributed by atoms with van der Waals surface area (Å²) < 4.78 is 57.5. The SMILES string of the molecule is CC1CCC2NC1OCCC[C@@H]1CN(C3NC(n4ccc(OCCC5(C(F)(F)F)CC5)n4)CCC3CNS2)C(C)(C)C1. The van der Waals surface area contributed by atoms with Gasteiger partial charge in [0.2, 0.25) is 5.88 Å². The van der Waals surface area contributed by atoms with E-state index >= 15 is 0 Å². The summed E-state index contributed by atoms with van der Waals surface area (Å²) >= 11 is 1.81. The molecule has 1 aliphatic carbocycles. The first kappa shape index (κ1) is 31.0. The van der Waals surface area contributed by atoms with Crippen LogP contribution in [0.25, 0.3) is 0 Å². The third-order valence-electron chi connectivity index (χ3n) is 10.5. The van der Waals surface area contributed by atoms with Crippen molar-refractivity contribution in [1.82, 2.24) is 30.0 Å². The lowest BCUT2D eigenvalue weighted by Gasteiger charge is -2.47. The summed E-state index contributed by atoms with van der Waals surface area (Å²) in [5, 5.41) is 12.7. The highest BCUT2D eigenvalue weighted by molar-refractivity contribution is 7.98. The molecule has 0 radical (unpaired) electrons. The molecule has 4 aliphatic heterocycles. The van der Waals surface area contributed by atoms with E-state index in [2.05, 4.69) is 46.1 Å². The summed E-state index contributed by atoms with van der Waals surface area (Å²) in [6, 6.07) is 1.78. The summed E-state index contributed by atoms with van der Waals surface area (Å²) in [5.74, 6) is 2.01. The quantitative estimate of drug-likeness (QED) is 0.368. The lowest BCUT2D eigenvalue weighted by atomic mass is 9.90. The van der Waals surface area contributed by atoms with E-state index in [0.717, 1.165) is 45.4 Å². The van der Waals surface area contributed by atoms with Gasteiger partial charge in [-0.2, -0.15) is 13.2 Å². The van der Waals surface area contributed by atoms with E-state index < -0.39 is 11.6 Å². The molecule has 5 aliphatic rings. The van der Waals surface area contributed by atoms with Gasteiger partial charge < -0.3 is 9.47 Å². The monoisotopic (exact) mass is 614 g/mol. The van der Waals surface area contributed by atoms with Crippen LogP contribution in [-0.4, -0.2) is 70.5 Å². The van der Waals surface area contributed by atoms with Crippen LogP contribution >= 0.6 is 11.9 Å². The van der Waals surface area contributed by atoms with E-state index in [1.54, 1.807) is 6.07 Å². The Balaban J connectivity index is 1.12. The number of alkyl halides is 3. The van der Waals surface area contributed by atoms with E-state index in [-0.39, 0.29) is 50.0 Å². The van der Waals surface area contributed by atoms with Crippen molar-refractivity contribution in [3.63, 3.8) is 0 Å². The molecule has 6 rings (SSSR count). The van der Waals surface area contributed by atoms with Crippen LogP contribution in [0.15, 0.2) is 12.3 Å². The van der Waals surface area contributed by atoms with Crippen LogP contribution in [0.1, 0.15) is 91.1 Å². The molecule has 0 aromatic carbocycles. The smallest absolute Gasteiger partial charge is 0.394 e. The number of fused-ring (bicyclic) bond motifs is 6. The highest BCUT2D eigenvalue weighted by atomic mass is 32.2. The van der Waals surface area contributed by atoms with Crippen molar-refractivity contribution in [3.8, 4) is 5.88 Å².